The van der Waals surface area contributed by atoms with Crippen molar-refractivity contribution < 1.29 is 20.0 Å². The molecule has 0 bridgehead atoms. The first kappa shape index (κ1) is 19.2. The van der Waals surface area contributed by atoms with Crippen LogP contribution in [0.5, 0.6) is 0 Å². The van der Waals surface area contributed by atoms with Gasteiger partial charge in [0.1, 0.15) is 0 Å². The molecule has 0 saturated carbocycles. The van der Waals surface area contributed by atoms with Crippen molar-refractivity contribution in [3.05, 3.63) is 59.7 Å². The van der Waals surface area contributed by atoms with E-state index in [2.05, 4.69) is 10.6 Å². The molecule has 138 valence electrons. The molecule has 0 aliphatic rings. The maximum absolute atomic E-state index is 11.9. The number of aryl methyl sites for hydroxylation is 2. The summed E-state index contributed by atoms with van der Waals surface area (Å²) in [5.74, 6) is 0. The zero-order valence-corrected chi connectivity index (χ0v) is 14.6. The van der Waals surface area contributed by atoms with Gasteiger partial charge in [-0.05, 0) is 38.1 Å². The highest BCUT2D eigenvalue weighted by molar-refractivity contribution is 5.90. The first-order chi connectivity index (χ1) is 12.4. The quantitative estimate of drug-likeness (QED) is 0.375. The average molecular weight is 358 g/mol. The van der Waals surface area contributed by atoms with Crippen LogP contribution in [-0.2, 0) is 0 Å². The van der Waals surface area contributed by atoms with E-state index in [1.807, 2.05) is 13.8 Å². The highest BCUT2D eigenvalue weighted by Crippen LogP contribution is 2.13. The third-order valence-electron chi connectivity index (χ3n) is 3.62. The number of nitrogens with zero attached hydrogens (tertiary/aromatic N) is 2. The van der Waals surface area contributed by atoms with Crippen LogP contribution >= 0.6 is 0 Å². The molecule has 4 amide bonds. The van der Waals surface area contributed by atoms with Crippen LogP contribution in [-0.4, -0.2) is 35.6 Å². The number of hydroxylamine groups is 2. The molecule has 0 spiro atoms. The second kappa shape index (κ2) is 8.84. The van der Waals surface area contributed by atoms with Crippen molar-refractivity contribution in [1.82, 2.24) is 10.6 Å². The number of hydrogen-bond donors (Lipinski definition) is 4. The first-order valence-electron chi connectivity index (χ1n) is 8.05. The monoisotopic (exact) mass is 358 g/mol. The molecule has 0 radical (unpaired) electrons. The highest BCUT2D eigenvalue weighted by Gasteiger charge is 2.14. The smallest absolute Gasteiger partial charge is 0.334 e. The minimum atomic E-state index is -0.720. The third-order valence-corrected chi connectivity index (χ3v) is 3.62. The maximum Gasteiger partial charge on any atom is 0.346 e. The van der Waals surface area contributed by atoms with Crippen LogP contribution in [0.3, 0.4) is 0 Å². The van der Waals surface area contributed by atoms with E-state index in [4.69, 9.17) is 0 Å². The molecule has 0 aromatic heterocycles. The van der Waals surface area contributed by atoms with Gasteiger partial charge in [0.05, 0.1) is 11.4 Å². The molecule has 8 nitrogen and oxygen atoms in total. The van der Waals surface area contributed by atoms with Gasteiger partial charge in [-0.15, -0.1) is 0 Å². The molecule has 0 atom stereocenters. The molecular weight excluding hydrogens is 336 g/mol. The maximum atomic E-state index is 11.9. The third kappa shape index (κ3) is 5.20. The number of benzene rings is 2. The molecule has 4 N–H and O–H groups in total. The summed E-state index contributed by atoms with van der Waals surface area (Å²) in [4.78, 5) is 23.7. The first-order valence-corrected chi connectivity index (χ1v) is 8.05. The Morgan fingerprint density at radius 3 is 1.35 bits per heavy atom. The van der Waals surface area contributed by atoms with E-state index in [9.17, 15) is 20.0 Å². The number of rotatable bonds is 5. The lowest BCUT2D eigenvalue weighted by molar-refractivity contribution is 0.201. The molecule has 0 unspecified atom stereocenters. The molecule has 2 aromatic carbocycles. The number of hydrogen-bond acceptors (Lipinski definition) is 4. The summed E-state index contributed by atoms with van der Waals surface area (Å²) in [5.41, 5.74) is 2.68. The van der Waals surface area contributed by atoms with Gasteiger partial charge in [-0.1, -0.05) is 35.4 Å². The normalized spacial score (nSPS) is 10.2. The topological polar surface area (TPSA) is 105 Å². The predicted octanol–water partition coefficient (Wildman–Crippen LogP) is 2.81. The molecule has 2 rings (SSSR count). The van der Waals surface area contributed by atoms with Gasteiger partial charge in [-0.25, -0.2) is 9.59 Å². The van der Waals surface area contributed by atoms with Gasteiger partial charge in [0.2, 0.25) is 0 Å². The van der Waals surface area contributed by atoms with E-state index in [0.717, 1.165) is 11.1 Å². The lowest BCUT2D eigenvalue weighted by Crippen LogP contribution is -2.44. The van der Waals surface area contributed by atoms with E-state index in [-0.39, 0.29) is 13.1 Å². The molecule has 0 aliphatic carbocycles. The lowest BCUT2D eigenvalue weighted by Gasteiger charge is -2.18. The van der Waals surface area contributed by atoms with Crippen molar-refractivity contribution in [1.29, 1.82) is 0 Å². The fourth-order valence-electron chi connectivity index (χ4n) is 2.10. The van der Waals surface area contributed by atoms with Gasteiger partial charge in [0.15, 0.2) is 0 Å². The van der Waals surface area contributed by atoms with E-state index < -0.39 is 12.1 Å². The SMILES string of the molecule is Cc1ccc(N(O)C(=O)NCCNC(=O)N(O)c2ccc(C)cc2)cc1. The van der Waals surface area contributed by atoms with Gasteiger partial charge in [-0.3, -0.25) is 10.4 Å². The zero-order valence-electron chi connectivity index (χ0n) is 14.6. The summed E-state index contributed by atoms with van der Waals surface area (Å²) in [7, 11) is 0. The van der Waals surface area contributed by atoms with Gasteiger partial charge in [-0.2, -0.15) is 10.1 Å². The number of carbonyl (C=O) groups excluding carboxylic acids is 2. The zero-order chi connectivity index (χ0) is 19.1. The summed E-state index contributed by atoms with van der Waals surface area (Å²) >= 11 is 0. The Bertz CT molecular complexity index is 681. The molecule has 0 aliphatic heterocycles. The Morgan fingerprint density at radius 2 is 1.04 bits per heavy atom. The standard InChI is InChI=1S/C18H22N4O4/c1-13-3-7-15(8-4-13)21(25)17(23)19-11-12-20-18(24)22(26)16-9-5-14(2)6-10-16/h3-10,25-26H,11-12H2,1-2H3,(H,19,23)(H,20,24). The minimum Gasteiger partial charge on any atom is -0.334 e. The summed E-state index contributed by atoms with van der Waals surface area (Å²) in [6.07, 6.45) is 0. The van der Waals surface area contributed by atoms with Gasteiger partial charge in [0, 0.05) is 13.1 Å². The van der Waals surface area contributed by atoms with E-state index in [1.165, 1.54) is 0 Å². The summed E-state index contributed by atoms with van der Waals surface area (Å²) in [6, 6.07) is 12.1. The largest absolute Gasteiger partial charge is 0.346 e. The van der Waals surface area contributed by atoms with Crippen LogP contribution in [0.15, 0.2) is 48.5 Å². The number of amides is 4. The Hall–Kier alpha value is -3.10. The van der Waals surface area contributed by atoms with Crippen molar-refractivity contribution in [3.8, 4) is 0 Å². The fraction of sp³-hybridized carbons (Fsp3) is 0.222. The second-order valence-electron chi connectivity index (χ2n) is 5.76. The molecule has 8 heteroatoms. The fourth-order valence-corrected chi connectivity index (χ4v) is 2.10. The lowest BCUT2D eigenvalue weighted by atomic mass is 10.2. The highest BCUT2D eigenvalue weighted by atomic mass is 16.5. The number of urea groups is 2. The van der Waals surface area contributed by atoms with Gasteiger partial charge in [0.25, 0.3) is 0 Å². The van der Waals surface area contributed by atoms with Gasteiger partial charge < -0.3 is 10.6 Å². The van der Waals surface area contributed by atoms with Crippen molar-refractivity contribution in [3.63, 3.8) is 0 Å². The van der Waals surface area contributed by atoms with Crippen LogP contribution in [0, 0.1) is 13.8 Å². The van der Waals surface area contributed by atoms with Crippen LogP contribution in [0.25, 0.3) is 0 Å². The van der Waals surface area contributed by atoms with E-state index in [0.29, 0.717) is 21.5 Å². The van der Waals surface area contributed by atoms with Crippen LogP contribution in [0.1, 0.15) is 11.1 Å². The van der Waals surface area contributed by atoms with E-state index in [1.54, 1.807) is 48.5 Å². The molecule has 0 heterocycles. The van der Waals surface area contributed by atoms with E-state index >= 15 is 0 Å². The molecule has 26 heavy (non-hydrogen) atoms. The average Bonchev–Trinajstić information content (AvgIpc) is 2.65. The summed E-state index contributed by atoms with van der Waals surface area (Å²) in [6.45, 7) is 3.95. The predicted molar refractivity (Wildman–Crippen MR) is 97.7 cm³/mol. The Morgan fingerprint density at radius 1 is 0.731 bits per heavy atom. The van der Waals surface area contributed by atoms with Crippen molar-refractivity contribution in [2.24, 2.45) is 0 Å². The summed E-state index contributed by atoms with van der Waals surface area (Å²) < 4.78 is 0. The Kier molecular flexibility index (Phi) is 6.54. The van der Waals surface area contributed by atoms with Crippen LogP contribution in [0.2, 0.25) is 0 Å². The molecular formula is C18H22N4O4. The van der Waals surface area contributed by atoms with Crippen molar-refractivity contribution in [2.45, 2.75) is 13.8 Å². The van der Waals surface area contributed by atoms with Crippen LogP contribution in [0.4, 0.5) is 21.0 Å². The van der Waals surface area contributed by atoms with Crippen LogP contribution < -0.4 is 20.8 Å². The van der Waals surface area contributed by atoms with Crippen molar-refractivity contribution >= 4 is 23.4 Å². The van der Waals surface area contributed by atoms with Crippen molar-refractivity contribution in [2.75, 3.05) is 23.2 Å². The minimum absolute atomic E-state index is 0.0786. The summed E-state index contributed by atoms with van der Waals surface area (Å²) in [5, 5.41) is 25.6. The second-order valence-corrected chi connectivity index (χ2v) is 5.76. The Balaban J connectivity index is 1.75. The molecule has 0 fully saturated rings. The van der Waals surface area contributed by atoms with Gasteiger partial charge >= 0.3 is 12.1 Å². The number of nitrogens with one attached hydrogen (secondary N) is 2. The molecule has 2 aromatic rings. The Labute approximate surface area is 151 Å². The number of anilines is 2. The molecule has 0 saturated heterocycles. The number of carbonyl (C=O) groups is 2.